The van der Waals surface area contributed by atoms with E-state index in [4.69, 9.17) is 24.5 Å². The highest BCUT2D eigenvalue weighted by atomic mass is 17.2. The van der Waals surface area contributed by atoms with Crippen molar-refractivity contribution >= 4 is 58.1 Å². The lowest BCUT2D eigenvalue weighted by molar-refractivity contribution is -0.188. The van der Waals surface area contributed by atoms with Crippen LogP contribution < -0.4 is 10.2 Å². The van der Waals surface area contributed by atoms with Gasteiger partial charge in [-0.15, -0.1) is 0 Å². The highest BCUT2D eigenvalue weighted by Crippen LogP contribution is 2.55. The molecule has 5 aliphatic rings. The van der Waals surface area contributed by atoms with E-state index in [1.54, 1.807) is 4.90 Å². The van der Waals surface area contributed by atoms with Crippen LogP contribution in [0.15, 0.2) is 102 Å². The van der Waals surface area contributed by atoms with Crippen LogP contribution in [0, 0.1) is 11.8 Å². The Morgan fingerprint density at radius 3 is 2.03 bits per heavy atom. The zero-order chi connectivity index (χ0) is 44.3. The standard InChI is InChI=1S/C48H48N10O7/c1-63-47(61)54-42(29-11-7-4-8-12-29)46(60)58-38-21-31(38)23-40(58)43-50-33-15-13-27(19-35(33)52-43)25-55-17-18-56(48(55)62)32-14-16-34-36(24-32)53-44(51-34)39-22-30-20-37(30)57(39)45(59)41(49-26-65-64-2)28-9-5-3-6-10-28/h3-16,19,24,26,30-31,37-42H,17-18,20-23,25H2,1-2H3,(H,50,52)(H,51,53)(H,54,61)/b49-26-/t30-,31-,37-,38-,39-,40-,41+,42+/m0/s1. The van der Waals surface area contributed by atoms with Crippen molar-refractivity contribution < 1.29 is 33.7 Å². The van der Waals surface area contributed by atoms with Crippen molar-refractivity contribution in [2.75, 3.05) is 32.2 Å². The Kier molecular flexibility index (Phi) is 10.2. The van der Waals surface area contributed by atoms with Crippen LogP contribution in [0.25, 0.3) is 22.1 Å². The second-order valence-corrected chi connectivity index (χ2v) is 17.6. The highest BCUT2D eigenvalue weighted by Gasteiger charge is 2.57. The number of hydrogen-bond donors (Lipinski definition) is 3. The van der Waals surface area contributed by atoms with Gasteiger partial charge in [0.2, 0.25) is 6.40 Å². The molecular formula is C48H48N10O7. The van der Waals surface area contributed by atoms with Gasteiger partial charge in [0, 0.05) is 37.4 Å². The maximum atomic E-state index is 14.3. The minimum atomic E-state index is -0.897. The molecular weight excluding hydrogens is 829 g/mol. The van der Waals surface area contributed by atoms with Gasteiger partial charge in [-0.25, -0.2) is 24.5 Å². The summed E-state index contributed by atoms with van der Waals surface area (Å²) < 4.78 is 4.88. The van der Waals surface area contributed by atoms with Crippen molar-refractivity contribution in [3.63, 3.8) is 0 Å². The molecule has 5 fully saturated rings. The molecule has 0 radical (unpaired) electrons. The van der Waals surface area contributed by atoms with Crippen molar-refractivity contribution in [1.82, 2.24) is 40.0 Å². The van der Waals surface area contributed by atoms with Gasteiger partial charge in [-0.2, -0.15) is 4.89 Å². The number of carbonyl (C=O) groups excluding carboxylic acids is 4. The molecule has 11 rings (SSSR count). The molecule has 0 bridgehead atoms. The second kappa shape index (κ2) is 16.4. The molecule has 17 nitrogen and oxygen atoms in total. The number of imidazole rings is 2. The molecule has 2 saturated carbocycles. The number of rotatable bonds is 13. The Labute approximate surface area is 373 Å². The molecule has 2 aromatic heterocycles. The highest BCUT2D eigenvalue weighted by molar-refractivity contribution is 5.96. The van der Waals surface area contributed by atoms with Gasteiger partial charge >= 0.3 is 12.1 Å². The molecule has 332 valence electrons. The molecule has 6 aromatic rings. The molecule has 17 heteroatoms. The van der Waals surface area contributed by atoms with Gasteiger partial charge in [-0.3, -0.25) is 14.5 Å². The summed E-state index contributed by atoms with van der Waals surface area (Å²) in [5.41, 5.74) is 6.27. The molecule has 5 heterocycles. The first-order chi connectivity index (χ1) is 31.8. The van der Waals surface area contributed by atoms with Gasteiger partial charge in [0.1, 0.15) is 17.7 Å². The number of carbonyl (C=O) groups is 4. The van der Waals surface area contributed by atoms with E-state index in [1.165, 1.54) is 14.2 Å². The number of hydrogen-bond acceptors (Lipinski definition) is 10. The SMILES string of the molecule is COO/C=N\[C@@H](C(=O)N1[C@H](c2nc3cc(N4CCN(Cc5ccc6[nH]c([C@@H]7C[C@@H]8C[C@@H]8N7C(=O)[C@H](NC(=O)OC)c7ccccc7)nc6c5)C4=O)ccc3[nH]2)C[C@@H]2C[C@@H]21)c1ccccc1. The Hall–Kier alpha value is -7.27. The average Bonchev–Trinajstić information content (AvgIpc) is 3.86. The largest absolute Gasteiger partial charge is 0.453 e. The van der Waals surface area contributed by atoms with Crippen LogP contribution in [-0.4, -0.2) is 104 Å². The van der Waals surface area contributed by atoms with E-state index in [9.17, 15) is 19.2 Å². The van der Waals surface area contributed by atoms with Gasteiger partial charge in [0.05, 0.1) is 48.4 Å². The number of urea groups is 1. The van der Waals surface area contributed by atoms with Crippen molar-refractivity contribution in [2.45, 2.75) is 68.5 Å². The Morgan fingerprint density at radius 1 is 0.769 bits per heavy atom. The molecule has 65 heavy (non-hydrogen) atoms. The number of nitrogens with zero attached hydrogens (tertiary/aromatic N) is 7. The van der Waals surface area contributed by atoms with Crippen LogP contribution in [0.2, 0.25) is 0 Å². The molecule has 5 amide bonds. The maximum Gasteiger partial charge on any atom is 0.407 e. The minimum absolute atomic E-state index is 0.0855. The molecule has 2 aliphatic carbocycles. The molecule has 8 atom stereocenters. The van der Waals surface area contributed by atoms with Crippen molar-refractivity contribution in [1.29, 1.82) is 0 Å². The van der Waals surface area contributed by atoms with Crippen LogP contribution in [0.5, 0.6) is 0 Å². The first-order valence-electron chi connectivity index (χ1n) is 22.1. The van der Waals surface area contributed by atoms with Crippen molar-refractivity contribution in [3.05, 3.63) is 125 Å². The summed E-state index contributed by atoms with van der Waals surface area (Å²) in [5, 5.41) is 2.75. The van der Waals surface area contributed by atoms with Gasteiger partial charge in [0.15, 0.2) is 6.04 Å². The quantitative estimate of drug-likeness (QED) is 0.0494. The molecule has 3 aliphatic heterocycles. The van der Waals surface area contributed by atoms with Crippen molar-refractivity contribution in [3.8, 4) is 0 Å². The first-order valence-corrected chi connectivity index (χ1v) is 22.1. The van der Waals surface area contributed by atoms with E-state index in [-0.39, 0.29) is 42.0 Å². The zero-order valence-corrected chi connectivity index (χ0v) is 35.9. The number of likely N-dealkylation sites (tertiary alicyclic amines) is 2. The molecule has 3 N–H and O–H groups in total. The number of amides is 5. The summed E-state index contributed by atoms with van der Waals surface area (Å²) in [6.45, 7) is 1.46. The van der Waals surface area contributed by atoms with Gasteiger partial charge in [-0.1, -0.05) is 66.7 Å². The third kappa shape index (κ3) is 7.48. The van der Waals surface area contributed by atoms with Crippen LogP contribution in [-0.2, 0) is 30.6 Å². The fourth-order valence-corrected chi connectivity index (χ4v) is 10.3. The van der Waals surface area contributed by atoms with E-state index in [0.29, 0.717) is 48.7 Å². The summed E-state index contributed by atoms with van der Waals surface area (Å²) in [6, 6.07) is 28.3. The summed E-state index contributed by atoms with van der Waals surface area (Å²) in [7, 11) is 2.67. The number of aliphatic imine (C=N–C) groups is 1. The summed E-state index contributed by atoms with van der Waals surface area (Å²) in [6.07, 6.45) is 3.95. The Balaban J connectivity index is 0.778. The lowest BCUT2D eigenvalue weighted by Gasteiger charge is -2.30. The van der Waals surface area contributed by atoms with Crippen LogP contribution in [0.4, 0.5) is 15.3 Å². The van der Waals surface area contributed by atoms with Gasteiger partial charge in [-0.05, 0) is 84.5 Å². The van der Waals surface area contributed by atoms with E-state index in [0.717, 1.165) is 71.0 Å². The number of methoxy groups -OCH3 is 1. The fraction of sp³-hybridized carbons (Fsp3) is 0.354. The lowest BCUT2D eigenvalue weighted by Crippen LogP contribution is -2.44. The van der Waals surface area contributed by atoms with E-state index in [1.807, 2.05) is 112 Å². The van der Waals surface area contributed by atoms with E-state index in [2.05, 4.69) is 20.3 Å². The molecule has 3 saturated heterocycles. The topological polar surface area (TPSA) is 191 Å². The van der Waals surface area contributed by atoms with Crippen LogP contribution in [0.3, 0.4) is 0 Å². The summed E-state index contributed by atoms with van der Waals surface area (Å²) in [4.78, 5) is 93.3. The number of anilines is 1. The fourth-order valence-electron chi connectivity index (χ4n) is 10.3. The average molecular weight is 877 g/mol. The number of nitrogens with one attached hydrogen (secondary N) is 3. The smallest absolute Gasteiger partial charge is 0.407 e. The Bertz CT molecular complexity index is 2830. The molecule has 0 spiro atoms. The zero-order valence-electron chi connectivity index (χ0n) is 35.9. The number of H-pyrrole nitrogens is 2. The molecule has 4 aromatic carbocycles. The number of ether oxygens (including phenoxy) is 1. The monoisotopic (exact) mass is 876 g/mol. The number of alkyl carbamates (subject to hydrolysis) is 1. The normalized spacial score (nSPS) is 24.1. The van der Waals surface area contributed by atoms with E-state index >= 15 is 0 Å². The second-order valence-electron chi connectivity index (χ2n) is 17.6. The number of piperidine rings is 2. The number of fused-ring (bicyclic) bond motifs is 4. The number of benzene rings is 4. The first kappa shape index (κ1) is 40.5. The Morgan fingerprint density at radius 2 is 1.38 bits per heavy atom. The third-order valence-electron chi connectivity index (χ3n) is 13.7. The maximum absolute atomic E-state index is 14.3. The summed E-state index contributed by atoms with van der Waals surface area (Å²) in [5.74, 6) is 1.88. The number of aromatic amines is 2. The van der Waals surface area contributed by atoms with E-state index < -0.39 is 18.2 Å². The van der Waals surface area contributed by atoms with Gasteiger partial charge in [0.25, 0.3) is 11.8 Å². The van der Waals surface area contributed by atoms with Crippen molar-refractivity contribution in [2.24, 2.45) is 16.8 Å². The van der Waals surface area contributed by atoms with Crippen LogP contribution in [0.1, 0.15) is 78.2 Å². The predicted molar refractivity (Wildman–Crippen MR) is 238 cm³/mol. The lowest BCUT2D eigenvalue weighted by atomic mass is 10.0. The number of aromatic nitrogens is 4. The van der Waals surface area contributed by atoms with Gasteiger partial charge < -0.3 is 39.6 Å². The predicted octanol–water partition coefficient (Wildman–Crippen LogP) is 6.65. The summed E-state index contributed by atoms with van der Waals surface area (Å²) >= 11 is 0. The van der Waals surface area contributed by atoms with Crippen LogP contribution >= 0.6 is 0 Å². The molecule has 0 unspecified atom stereocenters. The minimum Gasteiger partial charge on any atom is -0.453 e. The third-order valence-corrected chi connectivity index (χ3v) is 13.7.